The van der Waals surface area contributed by atoms with Gasteiger partial charge in [0.1, 0.15) is 11.4 Å². The minimum Gasteiger partial charge on any atom is -0.444 e. The van der Waals surface area contributed by atoms with E-state index < -0.39 is 5.60 Å². The molecule has 5 heteroatoms. The van der Waals surface area contributed by atoms with Crippen LogP contribution in [0.4, 0.5) is 10.6 Å². The number of hydrogen-bond donors (Lipinski definition) is 0. The van der Waals surface area contributed by atoms with Crippen molar-refractivity contribution in [3.63, 3.8) is 0 Å². The summed E-state index contributed by atoms with van der Waals surface area (Å²) < 4.78 is 5.49. The quantitative estimate of drug-likeness (QED) is 0.856. The Bertz CT molecular complexity index is 539. The second-order valence-corrected chi connectivity index (χ2v) is 7.51. The van der Waals surface area contributed by atoms with Gasteiger partial charge in [-0.15, -0.1) is 0 Å². The van der Waals surface area contributed by atoms with Gasteiger partial charge in [0.15, 0.2) is 0 Å². The minimum absolute atomic E-state index is 0.196. The van der Waals surface area contributed by atoms with Crippen molar-refractivity contribution >= 4 is 11.9 Å². The molecule has 0 unspecified atom stereocenters. The summed E-state index contributed by atoms with van der Waals surface area (Å²) in [7, 11) is 2.06. The lowest BCUT2D eigenvalue weighted by Gasteiger charge is -2.35. The van der Waals surface area contributed by atoms with E-state index in [1.54, 1.807) is 0 Å². The van der Waals surface area contributed by atoms with Crippen LogP contribution in [-0.4, -0.2) is 48.3 Å². The van der Waals surface area contributed by atoms with E-state index in [0.717, 1.165) is 38.3 Å². The van der Waals surface area contributed by atoms with Crippen LogP contribution in [-0.2, 0) is 4.74 Å². The molecule has 0 saturated carbocycles. The maximum absolute atomic E-state index is 12.2. The molecule has 5 nitrogen and oxygen atoms in total. The fourth-order valence-electron chi connectivity index (χ4n) is 2.92. The Kier molecular flexibility index (Phi) is 5.50. The second-order valence-electron chi connectivity index (χ2n) is 7.51. The zero-order valence-corrected chi connectivity index (χ0v) is 15.0. The van der Waals surface area contributed by atoms with E-state index in [-0.39, 0.29) is 6.09 Å². The highest BCUT2D eigenvalue weighted by molar-refractivity contribution is 5.68. The number of carbonyl (C=O) groups excluding carboxylic acids is 1. The summed E-state index contributed by atoms with van der Waals surface area (Å²) in [6.45, 7) is 10.2. The molecule has 1 atom stereocenters. The first-order valence-corrected chi connectivity index (χ1v) is 8.36. The lowest BCUT2D eigenvalue weighted by Crippen LogP contribution is -2.45. The Hall–Kier alpha value is -1.78. The van der Waals surface area contributed by atoms with Crippen LogP contribution >= 0.6 is 0 Å². The van der Waals surface area contributed by atoms with Gasteiger partial charge in [-0.2, -0.15) is 0 Å². The van der Waals surface area contributed by atoms with Gasteiger partial charge in [-0.1, -0.05) is 0 Å². The molecule has 0 radical (unpaired) electrons. The van der Waals surface area contributed by atoms with Crippen LogP contribution in [0.15, 0.2) is 18.3 Å². The van der Waals surface area contributed by atoms with Crippen LogP contribution in [0.2, 0.25) is 0 Å². The molecule has 0 bridgehead atoms. The minimum atomic E-state index is -0.438. The van der Waals surface area contributed by atoms with Gasteiger partial charge in [-0.3, -0.25) is 0 Å². The highest BCUT2D eigenvalue weighted by Crippen LogP contribution is 2.21. The highest BCUT2D eigenvalue weighted by Gasteiger charge is 2.28. The molecule has 0 N–H and O–H groups in total. The van der Waals surface area contributed by atoms with Crippen LogP contribution in [0.5, 0.6) is 0 Å². The largest absolute Gasteiger partial charge is 0.444 e. The smallest absolute Gasteiger partial charge is 0.410 e. The summed E-state index contributed by atoms with van der Waals surface area (Å²) in [6.07, 6.45) is 3.81. The molecule has 23 heavy (non-hydrogen) atoms. The zero-order chi connectivity index (χ0) is 17.0. The topological polar surface area (TPSA) is 45.7 Å². The summed E-state index contributed by atoms with van der Waals surface area (Å²) >= 11 is 0. The van der Waals surface area contributed by atoms with Crippen molar-refractivity contribution in [2.75, 3.05) is 31.6 Å². The number of aromatic nitrogens is 1. The number of ether oxygens (including phenoxy) is 1. The molecule has 1 aromatic heterocycles. The predicted octanol–water partition coefficient (Wildman–Crippen LogP) is 3.47. The van der Waals surface area contributed by atoms with Crippen LogP contribution in [0, 0.1) is 12.8 Å². The van der Waals surface area contributed by atoms with Crippen LogP contribution < -0.4 is 4.90 Å². The fraction of sp³-hybridized carbons (Fsp3) is 0.667. The molecule has 0 spiro atoms. The van der Waals surface area contributed by atoms with Gasteiger partial charge in [-0.25, -0.2) is 9.78 Å². The number of anilines is 1. The summed E-state index contributed by atoms with van der Waals surface area (Å²) in [4.78, 5) is 20.7. The number of amides is 1. The Morgan fingerprint density at radius 2 is 2.22 bits per heavy atom. The zero-order valence-electron chi connectivity index (χ0n) is 15.0. The number of carbonyl (C=O) groups is 1. The number of rotatable bonds is 3. The van der Waals surface area contributed by atoms with E-state index >= 15 is 0 Å². The third-order valence-electron chi connectivity index (χ3n) is 3.99. The SMILES string of the molecule is Cc1ccnc(N(C)C[C@H]2CCCN(C(=O)OC(C)(C)C)C2)c1. The highest BCUT2D eigenvalue weighted by atomic mass is 16.6. The Balaban J connectivity index is 1.92. The lowest BCUT2D eigenvalue weighted by atomic mass is 9.98. The third-order valence-corrected chi connectivity index (χ3v) is 3.99. The molecule has 1 saturated heterocycles. The second kappa shape index (κ2) is 7.20. The number of nitrogens with zero attached hydrogens (tertiary/aromatic N) is 3. The molecule has 0 aromatic carbocycles. The van der Waals surface area contributed by atoms with E-state index in [0.29, 0.717) is 5.92 Å². The Morgan fingerprint density at radius 3 is 2.87 bits per heavy atom. The van der Waals surface area contributed by atoms with Crippen LogP contribution in [0.25, 0.3) is 0 Å². The van der Waals surface area contributed by atoms with Gasteiger partial charge in [0, 0.05) is 32.9 Å². The normalized spacial score (nSPS) is 18.7. The van der Waals surface area contributed by atoms with E-state index in [1.807, 2.05) is 37.9 Å². The van der Waals surface area contributed by atoms with Crippen molar-refractivity contribution in [1.82, 2.24) is 9.88 Å². The summed E-state index contributed by atoms with van der Waals surface area (Å²) in [5.74, 6) is 1.43. The van der Waals surface area contributed by atoms with Gasteiger partial charge in [0.05, 0.1) is 0 Å². The molecule has 1 aromatic rings. The van der Waals surface area contributed by atoms with Gasteiger partial charge in [0.2, 0.25) is 0 Å². The first-order valence-electron chi connectivity index (χ1n) is 8.36. The number of piperidine rings is 1. The lowest BCUT2D eigenvalue weighted by molar-refractivity contribution is 0.0170. The third kappa shape index (κ3) is 5.41. The van der Waals surface area contributed by atoms with Crippen molar-refractivity contribution < 1.29 is 9.53 Å². The van der Waals surface area contributed by atoms with E-state index in [4.69, 9.17) is 4.74 Å². The molecule has 0 aliphatic carbocycles. The van der Waals surface area contributed by atoms with Gasteiger partial charge in [-0.05, 0) is 64.2 Å². The number of hydrogen-bond acceptors (Lipinski definition) is 4. The monoisotopic (exact) mass is 319 g/mol. The average molecular weight is 319 g/mol. The number of likely N-dealkylation sites (tertiary alicyclic amines) is 1. The summed E-state index contributed by atoms with van der Waals surface area (Å²) in [6, 6.07) is 4.09. The number of aryl methyl sites for hydroxylation is 1. The summed E-state index contributed by atoms with van der Waals surface area (Å²) in [5, 5.41) is 0. The molecule has 2 heterocycles. The van der Waals surface area contributed by atoms with Crippen molar-refractivity contribution in [3.8, 4) is 0 Å². The van der Waals surface area contributed by atoms with E-state index in [2.05, 4.69) is 29.9 Å². The predicted molar refractivity (Wildman–Crippen MR) is 92.8 cm³/mol. The molecule has 128 valence electrons. The van der Waals surface area contributed by atoms with E-state index in [9.17, 15) is 4.79 Å². The van der Waals surface area contributed by atoms with Gasteiger partial charge >= 0.3 is 6.09 Å². The maximum atomic E-state index is 12.2. The first-order chi connectivity index (χ1) is 10.7. The van der Waals surface area contributed by atoms with Gasteiger partial charge < -0.3 is 14.5 Å². The molecule has 2 rings (SSSR count). The summed E-state index contributed by atoms with van der Waals surface area (Å²) in [5.41, 5.74) is 0.771. The molecular weight excluding hydrogens is 290 g/mol. The maximum Gasteiger partial charge on any atom is 0.410 e. The fourth-order valence-corrected chi connectivity index (χ4v) is 2.92. The Labute approximate surface area is 139 Å². The first kappa shape index (κ1) is 17.6. The molecule has 1 aliphatic rings. The Morgan fingerprint density at radius 1 is 1.48 bits per heavy atom. The molecule has 1 fully saturated rings. The van der Waals surface area contributed by atoms with Crippen molar-refractivity contribution in [2.45, 2.75) is 46.1 Å². The standard InChI is InChI=1S/C18H29N3O2/c1-14-8-9-19-16(11-14)20(5)12-15-7-6-10-21(13-15)17(22)23-18(2,3)4/h8-9,11,15H,6-7,10,12-13H2,1-5H3/t15-/m1/s1. The average Bonchev–Trinajstić information content (AvgIpc) is 2.45. The van der Waals surface area contributed by atoms with Crippen LogP contribution in [0.1, 0.15) is 39.2 Å². The van der Waals surface area contributed by atoms with Crippen molar-refractivity contribution in [3.05, 3.63) is 23.9 Å². The van der Waals surface area contributed by atoms with Crippen LogP contribution in [0.3, 0.4) is 0 Å². The van der Waals surface area contributed by atoms with Gasteiger partial charge in [0.25, 0.3) is 0 Å². The number of pyridine rings is 1. The molecule has 1 amide bonds. The van der Waals surface area contributed by atoms with E-state index in [1.165, 1.54) is 5.56 Å². The van der Waals surface area contributed by atoms with Crippen molar-refractivity contribution in [1.29, 1.82) is 0 Å². The van der Waals surface area contributed by atoms with Crippen molar-refractivity contribution in [2.24, 2.45) is 5.92 Å². The molecule has 1 aliphatic heterocycles. The molecular formula is C18H29N3O2.